The van der Waals surface area contributed by atoms with Crippen molar-refractivity contribution in [2.24, 2.45) is 0 Å². The van der Waals surface area contributed by atoms with Crippen molar-refractivity contribution >= 4 is 10.9 Å². The van der Waals surface area contributed by atoms with Crippen LogP contribution < -0.4 is 4.74 Å². The third kappa shape index (κ3) is 1.03. The van der Waals surface area contributed by atoms with Crippen LogP contribution in [0.25, 0.3) is 10.9 Å². The summed E-state index contributed by atoms with van der Waals surface area (Å²) in [6.45, 7) is 0. The third-order valence-electron chi connectivity index (χ3n) is 2.79. The molecule has 1 aliphatic carbocycles. The first-order chi connectivity index (χ1) is 6.90. The molecule has 1 aromatic heterocycles. The van der Waals surface area contributed by atoms with Gasteiger partial charge in [-0.15, -0.1) is 0 Å². The minimum absolute atomic E-state index is 0.698. The maximum absolute atomic E-state index is 5.35. The number of aromatic nitrogens is 1. The second-order valence-electron chi connectivity index (χ2n) is 3.78. The van der Waals surface area contributed by atoms with E-state index in [0.29, 0.717) is 6.04 Å². The molecule has 2 nitrogen and oxygen atoms in total. The maximum Gasteiger partial charge on any atom is 0.143 e. The highest BCUT2D eigenvalue weighted by molar-refractivity contribution is 5.86. The largest absolute Gasteiger partial charge is 0.495 e. The van der Waals surface area contributed by atoms with Crippen LogP contribution in [0.5, 0.6) is 5.75 Å². The smallest absolute Gasteiger partial charge is 0.143 e. The van der Waals surface area contributed by atoms with Gasteiger partial charge in [0.2, 0.25) is 0 Å². The van der Waals surface area contributed by atoms with Crippen molar-refractivity contribution in [3.05, 3.63) is 30.5 Å². The molecule has 1 fully saturated rings. The molecule has 0 atom stereocenters. The van der Waals surface area contributed by atoms with Crippen LogP contribution >= 0.6 is 0 Å². The second-order valence-corrected chi connectivity index (χ2v) is 3.78. The second kappa shape index (κ2) is 2.77. The van der Waals surface area contributed by atoms with Gasteiger partial charge in [0.05, 0.1) is 12.6 Å². The maximum atomic E-state index is 5.35. The molecule has 1 aliphatic rings. The van der Waals surface area contributed by atoms with Gasteiger partial charge in [-0.05, 0) is 37.1 Å². The van der Waals surface area contributed by atoms with Crippen molar-refractivity contribution in [2.75, 3.05) is 7.11 Å². The van der Waals surface area contributed by atoms with Gasteiger partial charge in [0.1, 0.15) is 5.75 Å². The molecule has 1 heterocycles. The Kier molecular flexibility index (Phi) is 1.57. The summed E-state index contributed by atoms with van der Waals surface area (Å²) in [5.74, 6) is 0.930. The van der Waals surface area contributed by atoms with Gasteiger partial charge in [-0.2, -0.15) is 0 Å². The standard InChI is InChI=1S/C12H12NO/c1-14-11-4-2-3-9-7-8-13(12(9)11)10-5-6-10/h3-4,7-8,10H,5-6H2,1H3. The quantitative estimate of drug-likeness (QED) is 0.703. The fourth-order valence-corrected chi connectivity index (χ4v) is 1.94. The Labute approximate surface area is 83.1 Å². The van der Waals surface area contributed by atoms with E-state index in [2.05, 4.69) is 22.9 Å². The summed E-state index contributed by atoms with van der Waals surface area (Å²) in [5.41, 5.74) is 1.22. The molecule has 71 valence electrons. The number of ether oxygens (including phenoxy) is 1. The highest BCUT2D eigenvalue weighted by atomic mass is 16.5. The number of fused-ring (bicyclic) bond motifs is 1. The van der Waals surface area contributed by atoms with Gasteiger partial charge in [0, 0.05) is 17.6 Å². The normalized spacial score (nSPS) is 16.1. The van der Waals surface area contributed by atoms with E-state index in [1.54, 1.807) is 7.11 Å². The summed E-state index contributed by atoms with van der Waals surface area (Å²) in [4.78, 5) is 0. The fourth-order valence-electron chi connectivity index (χ4n) is 1.94. The summed E-state index contributed by atoms with van der Waals surface area (Å²) < 4.78 is 7.67. The van der Waals surface area contributed by atoms with Crippen molar-refractivity contribution in [3.63, 3.8) is 0 Å². The molecular formula is C12H12NO. The zero-order valence-electron chi connectivity index (χ0n) is 8.16. The lowest BCUT2D eigenvalue weighted by Crippen LogP contribution is -1.93. The lowest BCUT2D eigenvalue weighted by atomic mass is 10.2. The number of nitrogens with zero attached hydrogens (tertiary/aromatic N) is 1. The molecule has 1 aromatic carbocycles. The Morgan fingerprint density at radius 3 is 3.00 bits per heavy atom. The van der Waals surface area contributed by atoms with Crippen LogP contribution in [0.3, 0.4) is 0 Å². The Balaban J connectivity index is 2.29. The van der Waals surface area contributed by atoms with Crippen LogP contribution in [0, 0.1) is 6.07 Å². The molecule has 0 N–H and O–H groups in total. The number of hydrogen-bond acceptors (Lipinski definition) is 1. The van der Waals surface area contributed by atoms with Gasteiger partial charge >= 0.3 is 0 Å². The number of benzene rings is 1. The average Bonchev–Trinajstić information content (AvgIpc) is 2.97. The van der Waals surface area contributed by atoms with Gasteiger partial charge in [0.15, 0.2) is 0 Å². The van der Waals surface area contributed by atoms with Crippen molar-refractivity contribution in [3.8, 4) is 5.75 Å². The molecule has 0 spiro atoms. The van der Waals surface area contributed by atoms with Crippen molar-refractivity contribution in [1.82, 2.24) is 4.57 Å². The molecule has 2 aromatic rings. The molecule has 0 saturated heterocycles. The minimum Gasteiger partial charge on any atom is -0.495 e. The van der Waals surface area contributed by atoms with Crippen molar-refractivity contribution in [1.29, 1.82) is 0 Å². The lowest BCUT2D eigenvalue weighted by Gasteiger charge is -2.06. The van der Waals surface area contributed by atoms with Crippen LogP contribution in [-0.4, -0.2) is 11.7 Å². The zero-order valence-corrected chi connectivity index (χ0v) is 8.16. The molecule has 0 amide bonds. The Bertz CT molecular complexity index is 468. The molecule has 2 heteroatoms. The molecule has 3 rings (SSSR count). The molecule has 0 bridgehead atoms. The van der Waals surface area contributed by atoms with E-state index < -0.39 is 0 Å². The Morgan fingerprint density at radius 2 is 2.29 bits per heavy atom. The summed E-state index contributed by atoms with van der Waals surface area (Å²) in [7, 11) is 1.72. The van der Waals surface area contributed by atoms with E-state index in [9.17, 15) is 0 Å². The van der Waals surface area contributed by atoms with Gasteiger partial charge in [-0.3, -0.25) is 0 Å². The monoisotopic (exact) mass is 186 g/mol. The van der Waals surface area contributed by atoms with Crippen LogP contribution in [0.4, 0.5) is 0 Å². The summed E-state index contributed by atoms with van der Waals surface area (Å²) in [6.07, 6.45) is 4.75. The van der Waals surface area contributed by atoms with Gasteiger partial charge in [-0.25, -0.2) is 0 Å². The lowest BCUT2D eigenvalue weighted by molar-refractivity contribution is 0.417. The highest BCUT2D eigenvalue weighted by Crippen LogP contribution is 2.39. The molecule has 14 heavy (non-hydrogen) atoms. The zero-order chi connectivity index (χ0) is 9.54. The van der Waals surface area contributed by atoms with Crippen LogP contribution in [0.15, 0.2) is 24.4 Å². The highest BCUT2D eigenvalue weighted by Gasteiger charge is 2.25. The van der Waals surface area contributed by atoms with Crippen LogP contribution in [-0.2, 0) is 0 Å². The van der Waals surface area contributed by atoms with Gasteiger partial charge in [-0.1, -0.05) is 0 Å². The summed E-state index contributed by atoms with van der Waals surface area (Å²) in [6, 6.07) is 9.83. The SMILES string of the molecule is COc1c[c]cc2ccn(C3CC3)c12. The number of rotatable bonds is 2. The predicted molar refractivity (Wildman–Crippen MR) is 55.6 cm³/mol. The number of hydrogen-bond donors (Lipinski definition) is 0. The predicted octanol–water partition coefficient (Wildman–Crippen LogP) is 2.78. The van der Waals surface area contributed by atoms with Crippen LogP contribution in [0.1, 0.15) is 18.9 Å². The van der Waals surface area contributed by atoms with Crippen molar-refractivity contribution in [2.45, 2.75) is 18.9 Å². The average molecular weight is 186 g/mol. The van der Waals surface area contributed by atoms with E-state index in [1.165, 1.54) is 23.7 Å². The van der Waals surface area contributed by atoms with E-state index in [1.807, 2.05) is 12.1 Å². The van der Waals surface area contributed by atoms with Gasteiger partial charge < -0.3 is 9.30 Å². The topological polar surface area (TPSA) is 14.2 Å². The van der Waals surface area contributed by atoms with E-state index in [0.717, 1.165) is 5.75 Å². The minimum atomic E-state index is 0.698. The Morgan fingerprint density at radius 1 is 1.43 bits per heavy atom. The fraction of sp³-hybridized carbons (Fsp3) is 0.333. The summed E-state index contributed by atoms with van der Waals surface area (Å²) in [5, 5.41) is 1.22. The van der Waals surface area contributed by atoms with E-state index >= 15 is 0 Å². The summed E-state index contributed by atoms with van der Waals surface area (Å²) >= 11 is 0. The molecule has 0 unspecified atom stereocenters. The first-order valence-electron chi connectivity index (χ1n) is 4.95. The molecule has 1 saturated carbocycles. The van der Waals surface area contributed by atoms with Crippen molar-refractivity contribution < 1.29 is 4.74 Å². The Hall–Kier alpha value is -1.44. The molecule has 1 radical (unpaired) electrons. The molecular weight excluding hydrogens is 174 g/mol. The first kappa shape index (κ1) is 7.92. The van der Waals surface area contributed by atoms with E-state index in [-0.39, 0.29) is 0 Å². The third-order valence-corrected chi connectivity index (χ3v) is 2.79. The van der Waals surface area contributed by atoms with Gasteiger partial charge in [0.25, 0.3) is 0 Å². The van der Waals surface area contributed by atoms with Crippen LogP contribution in [0.2, 0.25) is 0 Å². The molecule has 0 aliphatic heterocycles. The van der Waals surface area contributed by atoms with E-state index in [4.69, 9.17) is 4.74 Å². The first-order valence-corrected chi connectivity index (χ1v) is 4.95. The number of methoxy groups -OCH3 is 1.